The fraction of sp³-hybridized carbons (Fsp3) is 0.611. The van der Waals surface area contributed by atoms with Crippen LogP contribution in [0, 0.1) is 25.7 Å². The van der Waals surface area contributed by atoms with Crippen LogP contribution in [0.15, 0.2) is 12.2 Å². The lowest BCUT2D eigenvalue weighted by Crippen LogP contribution is -2.43. The first-order valence-electron chi connectivity index (χ1n) is 8.75. The molecule has 0 unspecified atom stereocenters. The van der Waals surface area contributed by atoms with E-state index in [1.54, 1.807) is 0 Å². The van der Waals surface area contributed by atoms with Gasteiger partial charge in [0, 0.05) is 24.3 Å². The fourth-order valence-corrected chi connectivity index (χ4v) is 3.05. The number of carbonyl (C=O) groups is 2. The number of amides is 2. The number of unbranched alkanes of at least 4 members (excludes halogenated alkanes) is 1. The summed E-state index contributed by atoms with van der Waals surface area (Å²) < 4.78 is 0. The minimum atomic E-state index is -0.302. The third kappa shape index (κ3) is 4.46. The topological polar surface area (TPSA) is 86.9 Å². The van der Waals surface area contributed by atoms with Crippen molar-refractivity contribution in [1.29, 1.82) is 0 Å². The number of allylic oxidation sites excluding steroid dienone is 2. The Balaban J connectivity index is 1.95. The van der Waals surface area contributed by atoms with Crippen LogP contribution in [0.1, 0.15) is 49.6 Å². The van der Waals surface area contributed by atoms with Crippen molar-refractivity contribution in [3.05, 3.63) is 29.1 Å². The standard InChI is InChI=1S/C18H28N4O2/c1-4-5-10-19-17(23)14-8-6-7-9-15(14)18(24)20-11-16-12(2)21-22-13(16)3/h6-7,14-15H,4-5,8-11H2,1-3H3,(H,19,23)(H,20,24)(H,21,22)/t14-,15+/m1/s1. The zero-order chi connectivity index (χ0) is 17.5. The Morgan fingerprint density at radius 2 is 1.79 bits per heavy atom. The number of hydrogen-bond acceptors (Lipinski definition) is 3. The summed E-state index contributed by atoms with van der Waals surface area (Å²) in [6.07, 6.45) is 7.23. The zero-order valence-electron chi connectivity index (χ0n) is 14.8. The van der Waals surface area contributed by atoms with E-state index in [0.29, 0.717) is 25.9 Å². The molecule has 3 N–H and O–H groups in total. The largest absolute Gasteiger partial charge is 0.356 e. The molecule has 0 saturated heterocycles. The first kappa shape index (κ1) is 18.2. The minimum absolute atomic E-state index is 0.0105. The SMILES string of the molecule is CCCCNC(=O)[C@@H]1CC=CC[C@@H]1C(=O)NCc1c(C)n[nH]c1C. The zero-order valence-corrected chi connectivity index (χ0v) is 14.8. The molecule has 6 nitrogen and oxygen atoms in total. The molecule has 132 valence electrons. The van der Waals surface area contributed by atoms with Gasteiger partial charge in [-0.05, 0) is 33.1 Å². The van der Waals surface area contributed by atoms with Crippen LogP contribution < -0.4 is 10.6 Å². The Morgan fingerprint density at radius 1 is 1.17 bits per heavy atom. The van der Waals surface area contributed by atoms with Crippen molar-refractivity contribution in [2.24, 2.45) is 11.8 Å². The van der Waals surface area contributed by atoms with Crippen molar-refractivity contribution >= 4 is 11.8 Å². The summed E-state index contributed by atoms with van der Waals surface area (Å²) in [5.74, 6) is -0.652. The second-order valence-corrected chi connectivity index (χ2v) is 6.43. The lowest BCUT2D eigenvalue weighted by atomic mass is 9.81. The van der Waals surface area contributed by atoms with E-state index in [1.165, 1.54) is 0 Å². The van der Waals surface area contributed by atoms with Crippen molar-refractivity contribution in [2.75, 3.05) is 6.54 Å². The molecule has 1 aromatic heterocycles. The monoisotopic (exact) mass is 332 g/mol. The Labute approximate surface area is 143 Å². The summed E-state index contributed by atoms with van der Waals surface area (Å²) in [4.78, 5) is 25.0. The molecule has 0 aromatic carbocycles. The van der Waals surface area contributed by atoms with Gasteiger partial charge >= 0.3 is 0 Å². The fourth-order valence-electron chi connectivity index (χ4n) is 3.05. The average Bonchev–Trinajstić information content (AvgIpc) is 2.91. The van der Waals surface area contributed by atoms with E-state index in [2.05, 4.69) is 27.8 Å². The number of hydrogen-bond donors (Lipinski definition) is 3. The van der Waals surface area contributed by atoms with Gasteiger partial charge in [-0.15, -0.1) is 0 Å². The van der Waals surface area contributed by atoms with Gasteiger partial charge in [-0.1, -0.05) is 25.5 Å². The van der Waals surface area contributed by atoms with Crippen LogP contribution in [0.3, 0.4) is 0 Å². The summed E-state index contributed by atoms with van der Waals surface area (Å²) in [5.41, 5.74) is 2.87. The number of aromatic amines is 1. The van der Waals surface area contributed by atoms with Gasteiger partial charge in [0.2, 0.25) is 11.8 Å². The lowest BCUT2D eigenvalue weighted by Gasteiger charge is -2.26. The number of rotatable bonds is 7. The molecule has 0 spiro atoms. The maximum Gasteiger partial charge on any atom is 0.224 e. The highest BCUT2D eigenvalue weighted by Gasteiger charge is 2.33. The second kappa shape index (κ2) is 8.66. The molecule has 2 amide bonds. The van der Waals surface area contributed by atoms with Crippen LogP contribution in [0.2, 0.25) is 0 Å². The van der Waals surface area contributed by atoms with Crippen LogP contribution in [0.25, 0.3) is 0 Å². The number of aryl methyl sites for hydroxylation is 2. The first-order valence-corrected chi connectivity index (χ1v) is 8.75. The predicted octanol–water partition coefficient (Wildman–Crippen LogP) is 2.14. The quantitative estimate of drug-likeness (QED) is 0.528. The van der Waals surface area contributed by atoms with Gasteiger partial charge in [-0.2, -0.15) is 5.10 Å². The van der Waals surface area contributed by atoms with Gasteiger partial charge in [-0.25, -0.2) is 0 Å². The van der Waals surface area contributed by atoms with Crippen LogP contribution in [-0.4, -0.2) is 28.6 Å². The van der Waals surface area contributed by atoms with Gasteiger partial charge < -0.3 is 10.6 Å². The van der Waals surface area contributed by atoms with Crippen LogP contribution in [-0.2, 0) is 16.1 Å². The van der Waals surface area contributed by atoms with Gasteiger partial charge in [0.1, 0.15) is 0 Å². The van der Waals surface area contributed by atoms with Crippen LogP contribution in [0.5, 0.6) is 0 Å². The highest BCUT2D eigenvalue weighted by molar-refractivity contribution is 5.88. The van der Waals surface area contributed by atoms with E-state index in [9.17, 15) is 9.59 Å². The normalized spacial score (nSPS) is 20.0. The molecule has 1 heterocycles. The Morgan fingerprint density at radius 3 is 2.33 bits per heavy atom. The van der Waals surface area contributed by atoms with Crippen LogP contribution in [0.4, 0.5) is 0 Å². The van der Waals surface area contributed by atoms with E-state index in [0.717, 1.165) is 29.8 Å². The van der Waals surface area contributed by atoms with Gasteiger partial charge in [0.15, 0.2) is 0 Å². The molecule has 0 fully saturated rings. The highest BCUT2D eigenvalue weighted by atomic mass is 16.2. The third-order valence-electron chi connectivity index (χ3n) is 4.66. The number of H-pyrrole nitrogens is 1. The summed E-state index contributed by atoms with van der Waals surface area (Å²) >= 11 is 0. The Kier molecular flexibility index (Phi) is 6.58. The molecule has 1 aromatic rings. The summed E-state index contributed by atoms with van der Waals surface area (Å²) in [6, 6.07) is 0. The molecule has 2 rings (SSSR count). The molecular formula is C18H28N4O2. The molecule has 1 aliphatic rings. The Hall–Kier alpha value is -2.11. The number of aromatic nitrogens is 2. The van der Waals surface area contributed by atoms with Gasteiger partial charge in [0.05, 0.1) is 17.5 Å². The smallest absolute Gasteiger partial charge is 0.224 e. The first-order chi connectivity index (χ1) is 11.5. The maximum absolute atomic E-state index is 12.6. The molecule has 24 heavy (non-hydrogen) atoms. The van der Waals surface area contributed by atoms with Crippen LogP contribution >= 0.6 is 0 Å². The molecule has 1 aliphatic carbocycles. The van der Waals surface area contributed by atoms with E-state index in [4.69, 9.17) is 0 Å². The van der Waals surface area contributed by atoms with E-state index >= 15 is 0 Å². The van der Waals surface area contributed by atoms with Crippen molar-refractivity contribution in [2.45, 2.75) is 53.0 Å². The molecule has 6 heteroatoms. The van der Waals surface area contributed by atoms with Crippen molar-refractivity contribution in [3.63, 3.8) is 0 Å². The molecule has 2 atom stereocenters. The molecule has 0 bridgehead atoms. The molecule has 0 radical (unpaired) electrons. The van der Waals surface area contributed by atoms with Crippen molar-refractivity contribution in [3.8, 4) is 0 Å². The molecule has 0 aliphatic heterocycles. The summed E-state index contributed by atoms with van der Waals surface area (Å²) in [5, 5.41) is 13.0. The summed E-state index contributed by atoms with van der Waals surface area (Å²) in [6.45, 7) is 7.06. The van der Waals surface area contributed by atoms with Crippen molar-refractivity contribution in [1.82, 2.24) is 20.8 Å². The summed E-state index contributed by atoms with van der Waals surface area (Å²) in [7, 11) is 0. The van der Waals surface area contributed by atoms with E-state index < -0.39 is 0 Å². The number of nitrogens with one attached hydrogen (secondary N) is 3. The molecule has 0 saturated carbocycles. The highest BCUT2D eigenvalue weighted by Crippen LogP contribution is 2.26. The predicted molar refractivity (Wildman–Crippen MR) is 93.2 cm³/mol. The maximum atomic E-state index is 12.6. The van der Waals surface area contributed by atoms with Crippen molar-refractivity contribution < 1.29 is 9.59 Å². The van der Waals surface area contributed by atoms with Gasteiger partial charge in [0.25, 0.3) is 0 Å². The molecular weight excluding hydrogens is 304 g/mol. The van der Waals surface area contributed by atoms with E-state index in [-0.39, 0.29) is 23.7 Å². The minimum Gasteiger partial charge on any atom is -0.356 e. The number of carbonyl (C=O) groups excluding carboxylic acids is 2. The lowest BCUT2D eigenvalue weighted by molar-refractivity contribution is -0.135. The van der Waals surface area contributed by atoms with Gasteiger partial charge in [-0.3, -0.25) is 14.7 Å². The van der Waals surface area contributed by atoms with E-state index in [1.807, 2.05) is 26.0 Å². The number of nitrogens with zero attached hydrogens (tertiary/aromatic N) is 1. The second-order valence-electron chi connectivity index (χ2n) is 6.43. The third-order valence-corrected chi connectivity index (χ3v) is 4.66. The average molecular weight is 332 g/mol. The Bertz CT molecular complexity index is 587.